The van der Waals surface area contributed by atoms with E-state index in [1.165, 1.54) is 0 Å². The van der Waals surface area contributed by atoms with Gasteiger partial charge in [-0.25, -0.2) is 0 Å². The molecule has 0 unspecified atom stereocenters. The van der Waals surface area contributed by atoms with E-state index in [0.29, 0.717) is 0 Å². The van der Waals surface area contributed by atoms with Crippen molar-refractivity contribution in [2.24, 2.45) is 0 Å². The van der Waals surface area contributed by atoms with Crippen molar-refractivity contribution in [3.8, 4) is 0 Å². The first-order chi connectivity index (χ1) is 4.61. The van der Waals surface area contributed by atoms with Crippen molar-refractivity contribution in [3.63, 3.8) is 0 Å². The van der Waals surface area contributed by atoms with Crippen LogP contribution in [0.1, 0.15) is 5.56 Å². The standard InChI is InChI=1S/C6H4F3N/c7-6(8,9)5-1-3-10-4-2-5/h1-4H/i7-1. The van der Waals surface area contributed by atoms with Crippen molar-refractivity contribution in [1.29, 1.82) is 0 Å². The summed E-state index contributed by atoms with van der Waals surface area (Å²) in [6.07, 6.45) is -2.02. The molecule has 1 aromatic heterocycles. The molecule has 0 aliphatic carbocycles. The fraction of sp³-hybridized carbons (Fsp3) is 0.167. The normalized spacial score (nSPS) is 11.5. The predicted molar refractivity (Wildman–Crippen MR) is 29.2 cm³/mol. The first-order valence-electron chi connectivity index (χ1n) is 2.58. The lowest BCUT2D eigenvalue weighted by Gasteiger charge is -2.03. The summed E-state index contributed by atoms with van der Waals surface area (Å²) in [5, 5.41) is 0. The summed E-state index contributed by atoms with van der Waals surface area (Å²) in [6.45, 7) is 0. The summed E-state index contributed by atoms with van der Waals surface area (Å²) < 4.78 is 35.3. The number of hydrogen-bond donors (Lipinski definition) is 0. The zero-order valence-corrected chi connectivity index (χ0v) is 4.89. The average Bonchev–Trinajstić information content (AvgIpc) is 1.88. The Labute approximate surface area is 55.5 Å². The van der Waals surface area contributed by atoms with E-state index >= 15 is 0 Å². The summed E-state index contributed by atoms with van der Waals surface area (Å²) in [5.41, 5.74) is -0.664. The molecule has 0 N–H and O–H groups in total. The van der Waals surface area contributed by atoms with Gasteiger partial charge in [-0.3, -0.25) is 4.98 Å². The Morgan fingerprint density at radius 1 is 1.10 bits per heavy atom. The molecule has 1 nitrogen and oxygen atoms in total. The minimum absolute atomic E-state index is 0.664. The highest BCUT2D eigenvalue weighted by molar-refractivity contribution is 5.12. The maximum atomic E-state index is 11.8. The van der Waals surface area contributed by atoms with E-state index in [2.05, 4.69) is 4.98 Å². The van der Waals surface area contributed by atoms with Gasteiger partial charge in [-0.2, -0.15) is 13.2 Å². The molecule has 0 atom stereocenters. The van der Waals surface area contributed by atoms with Crippen LogP contribution in [0.5, 0.6) is 0 Å². The van der Waals surface area contributed by atoms with Gasteiger partial charge in [-0.15, -0.1) is 0 Å². The Morgan fingerprint density at radius 2 is 1.60 bits per heavy atom. The van der Waals surface area contributed by atoms with E-state index in [1.807, 2.05) is 0 Å². The summed E-state index contributed by atoms with van der Waals surface area (Å²) in [5.74, 6) is 0. The average molecular weight is 146 g/mol. The number of halogens is 3. The summed E-state index contributed by atoms with van der Waals surface area (Å²) in [7, 11) is 0. The predicted octanol–water partition coefficient (Wildman–Crippen LogP) is 2.10. The molecule has 4 heteroatoms. The second-order valence-electron chi connectivity index (χ2n) is 1.73. The second kappa shape index (κ2) is 2.28. The molecule has 0 aliphatic heterocycles. The fourth-order valence-corrected chi connectivity index (χ4v) is 0.541. The number of pyridine rings is 1. The van der Waals surface area contributed by atoms with Crippen LogP contribution in [0.2, 0.25) is 0 Å². The van der Waals surface area contributed by atoms with Gasteiger partial charge in [0.05, 0.1) is 5.56 Å². The minimum Gasteiger partial charge on any atom is -0.265 e. The van der Waals surface area contributed by atoms with Crippen molar-refractivity contribution >= 4 is 0 Å². The van der Waals surface area contributed by atoms with Gasteiger partial charge in [0.1, 0.15) is 0 Å². The van der Waals surface area contributed by atoms with Gasteiger partial charge < -0.3 is 0 Å². The zero-order valence-electron chi connectivity index (χ0n) is 4.89. The Hall–Kier alpha value is -1.06. The van der Waals surface area contributed by atoms with E-state index < -0.39 is 11.7 Å². The van der Waals surface area contributed by atoms with Crippen LogP contribution in [0.25, 0.3) is 0 Å². The first-order valence-corrected chi connectivity index (χ1v) is 2.58. The third-order valence-electron chi connectivity index (χ3n) is 1.01. The largest absolute Gasteiger partial charge is 0.416 e. The van der Waals surface area contributed by atoms with E-state index in [-0.39, 0.29) is 0 Å². The highest BCUT2D eigenvalue weighted by Crippen LogP contribution is 2.27. The van der Waals surface area contributed by atoms with Gasteiger partial charge in [0.15, 0.2) is 0 Å². The Bertz CT molecular complexity index is 204. The molecule has 0 amide bonds. The molecule has 0 saturated heterocycles. The summed E-state index contributed by atoms with van der Waals surface area (Å²) >= 11 is 0. The molecular weight excluding hydrogens is 142 g/mol. The molecule has 1 heterocycles. The van der Waals surface area contributed by atoms with Crippen LogP contribution < -0.4 is 0 Å². The molecule has 54 valence electrons. The van der Waals surface area contributed by atoms with Crippen LogP contribution in [-0.2, 0) is 6.18 Å². The molecule has 0 fully saturated rings. The van der Waals surface area contributed by atoms with Gasteiger partial charge in [-0.05, 0) is 12.1 Å². The van der Waals surface area contributed by atoms with Crippen molar-refractivity contribution in [2.45, 2.75) is 6.18 Å². The Morgan fingerprint density at radius 3 is 1.90 bits per heavy atom. The lowest BCUT2D eigenvalue weighted by atomic mass is 10.3. The van der Waals surface area contributed by atoms with Crippen molar-refractivity contribution in [3.05, 3.63) is 30.1 Å². The Balaban J connectivity index is 2.97. The van der Waals surface area contributed by atoms with Crippen molar-refractivity contribution < 1.29 is 13.2 Å². The van der Waals surface area contributed by atoms with Gasteiger partial charge >= 0.3 is 6.18 Å². The van der Waals surface area contributed by atoms with Crippen LogP contribution >= 0.6 is 0 Å². The smallest absolute Gasteiger partial charge is 0.265 e. The highest BCUT2D eigenvalue weighted by atomic mass is 19.3. The maximum absolute atomic E-state index is 11.8. The maximum Gasteiger partial charge on any atom is 0.416 e. The summed E-state index contributed by atoms with van der Waals surface area (Å²) in [4.78, 5) is 3.46. The first kappa shape index (κ1) is 7.05. The highest BCUT2D eigenvalue weighted by Gasteiger charge is 2.29. The number of nitrogens with zero attached hydrogens (tertiary/aromatic N) is 1. The van der Waals surface area contributed by atoms with Crippen LogP contribution in [-0.4, -0.2) is 4.98 Å². The van der Waals surface area contributed by atoms with E-state index in [9.17, 15) is 13.2 Å². The quantitative estimate of drug-likeness (QED) is 0.546. The van der Waals surface area contributed by atoms with E-state index in [1.54, 1.807) is 0 Å². The molecule has 0 spiro atoms. The topological polar surface area (TPSA) is 12.9 Å². The molecule has 0 aliphatic rings. The van der Waals surface area contributed by atoms with Crippen LogP contribution in [0.3, 0.4) is 0 Å². The monoisotopic (exact) mass is 146 g/mol. The number of aromatic nitrogens is 1. The van der Waals surface area contributed by atoms with Gasteiger partial charge in [0.2, 0.25) is 0 Å². The minimum atomic E-state index is -4.25. The van der Waals surface area contributed by atoms with Crippen LogP contribution in [0, 0.1) is 0 Å². The molecule has 0 bridgehead atoms. The molecule has 0 radical (unpaired) electrons. The molecule has 1 rings (SSSR count). The molecule has 0 aromatic carbocycles. The van der Waals surface area contributed by atoms with Gasteiger partial charge in [-0.1, -0.05) is 0 Å². The molecular formula is C6H4F3N. The lowest BCUT2D eigenvalue weighted by molar-refractivity contribution is -0.137. The SMILES string of the molecule is FC(F)([18F])c1ccncc1. The van der Waals surface area contributed by atoms with Crippen molar-refractivity contribution in [2.75, 3.05) is 0 Å². The third kappa shape index (κ3) is 1.46. The number of alkyl halides is 3. The van der Waals surface area contributed by atoms with Crippen LogP contribution in [0.15, 0.2) is 24.5 Å². The molecule has 0 saturated carbocycles. The van der Waals surface area contributed by atoms with E-state index in [0.717, 1.165) is 24.5 Å². The number of rotatable bonds is 0. The zero-order chi connectivity index (χ0) is 7.61. The number of hydrogen-bond acceptors (Lipinski definition) is 1. The molecule has 1 aromatic rings. The van der Waals surface area contributed by atoms with Gasteiger partial charge in [0, 0.05) is 12.4 Å². The summed E-state index contributed by atoms with van der Waals surface area (Å²) in [6, 6.07) is 1.86. The second-order valence-corrected chi connectivity index (χ2v) is 1.73. The van der Waals surface area contributed by atoms with Crippen LogP contribution in [0.4, 0.5) is 13.2 Å². The lowest BCUT2D eigenvalue weighted by Crippen LogP contribution is -2.03. The third-order valence-corrected chi connectivity index (χ3v) is 1.01. The fourth-order valence-electron chi connectivity index (χ4n) is 0.541. The van der Waals surface area contributed by atoms with Crippen molar-refractivity contribution in [1.82, 2.24) is 4.98 Å². The van der Waals surface area contributed by atoms with E-state index in [4.69, 9.17) is 0 Å². The van der Waals surface area contributed by atoms with Gasteiger partial charge in [0.25, 0.3) is 0 Å². The Kier molecular flexibility index (Phi) is 1.61. The molecule has 10 heavy (non-hydrogen) atoms.